The Hall–Kier alpha value is -2.75. The Morgan fingerprint density at radius 3 is 1.76 bits per heavy atom. The van der Waals surface area contributed by atoms with Gasteiger partial charge in [0, 0.05) is 16.7 Å². The molecule has 4 aliphatic rings. The standard InChI is InChI=1S/C30H34O12/c1-15(2)26(34)39-25-22(33)24-19(14-36-28(41-24)17-11-7-4-8-12-17)38-30(25)42-29-21(32)20(31)23-18(37-29)13-35-27(40-23)16-9-5-3-6-10-16/h3-12,18-25,27-33H,1,13-14H2,2H3/t18-,19-,20-,21-,22+,23-,24-,25-,27?,28?,29-,30-/m1/s1. The van der Waals surface area contributed by atoms with Crippen LogP contribution in [0, 0.1) is 0 Å². The lowest BCUT2D eigenvalue weighted by Crippen LogP contribution is -2.66. The molecule has 0 bridgehead atoms. The summed E-state index contributed by atoms with van der Waals surface area (Å²) < 4.78 is 47.1. The summed E-state index contributed by atoms with van der Waals surface area (Å²) in [6.45, 7) is 5.14. The second kappa shape index (κ2) is 12.5. The minimum absolute atomic E-state index is 0.0340. The van der Waals surface area contributed by atoms with Crippen LogP contribution in [0.5, 0.6) is 0 Å². The molecule has 4 heterocycles. The number of rotatable bonds is 6. The normalized spacial score (nSPS) is 39.9. The third kappa shape index (κ3) is 5.88. The molecule has 0 amide bonds. The highest BCUT2D eigenvalue weighted by atomic mass is 16.8. The Balaban J connectivity index is 1.17. The Kier molecular flexibility index (Phi) is 8.70. The monoisotopic (exact) mass is 586 g/mol. The highest BCUT2D eigenvalue weighted by Crippen LogP contribution is 2.38. The van der Waals surface area contributed by atoms with Crippen LogP contribution in [0.3, 0.4) is 0 Å². The fourth-order valence-electron chi connectivity index (χ4n) is 5.41. The zero-order valence-electron chi connectivity index (χ0n) is 22.8. The lowest BCUT2D eigenvalue weighted by molar-refractivity contribution is -0.411. The molecule has 0 spiro atoms. The Bertz CT molecular complexity index is 1230. The smallest absolute Gasteiger partial charge is 0.333 e. The van der Waals surface area contributed by atoms with Crippen molar-refractivity contribution in [2.24, 2.45) is 0 Å². The largest absolute Gasteiger partial charge is 0.451 e. The second-order valence-corrected chi connectivity index (χ2v) is 10.7. The predicted octanol–water partition coefficient (Wildman–Crippen LogP) is 1.25. The first kappa shape index (κ1) is 29.3. The maximum Gasteiger partial charge on any atom is 0.333 e. The third-order valence-electron chi connectivity index (χ3n) is 7.65. The van der Waals surface area contributed by atoms with Gasteiger partial charge in [0.15, 0.2) is 25.0 Å². The number of hydrogen-bond acceptors (Lipinski definition) is 12. The van der Waals surface area contributed by atoms with Gasteiger partial charge in [-0.1, -0.05) is 67.2 Å². The molecule has 4 saturated heterocycles. The molecule has 12 heteroatoms. The van der Waals surface area contributed by atoms with Gasteiger partial charge in [0.1, 0.15) is 42.7 Å². The van der Waals surface area contributed by atoms with Crippen molar-refractivity contribution in [2.75, 3.05) is 13.2 Å². The lowest BCUT2D eigenvalue weighted by Gasteiger charge is -2.50. The molecule has 4 aliphatic heterocycles. The molecule has 6 rings (SSSR count). The van der Waals surface area contributed by atoms with Gasteiger partial charge in [-0.2, -0.15) is 0 Å². The van der Waals surface area contributed by atoms with Crippen molar-refractivity contribution in [3.8, 4) is 0 Å². The van der Waals surface area contributed by atoms with Gasteiger partial charge in [0.05, 0.1) is 13.2 Å². The van der Waals surface area contributed by atoms with Gasteiger partial charge in [0.25, 0.3) is 0 Å². The quantitative estimate of drug-likeness (QED) is 0.330. The highest BCUT2D eigenvalue weighted by molar-refractivity contribution is 5.87. The van der Waals surface area contributed by atoms with E-state index in [9.17, 15) is 20.1 Å². The van der Waals surface area contributed by atoms with Crippen LogP contribution in [0.15, 0.2) is 72.8 Å². The third-order valence-corrected chi connectivity index (χ3v) is 7.65. The van der Waals surface area contributed by atoms with Crippen molar-refractivity contribution in [1.29, 1.82) is 0 Å². The molecule has 226 valence electrons. The molecule has 12 atom stereocenters. The number of aliphatic hydroxyl groups is 3. The van der Waals surface area contributed by atoms with E-state index in [-0.39, 0.29) is 18.8 Å². The molecule has 0 aliphatic carbocycles. The van der Waals surface area contributed by atoms with E-state index in [4.69, 9.17) is 37.9 Å². The van der Waals surface area contributed by atoms with Crippen LogP contribution in [-0.4, -0.2) is 95.9 Å². The minimum Gasteiger partial charge on any atom is -0.451 e. The van der Waals surface area contributed by atoms with E-state index < -0.39 is 80.0 Å². The fourth-order valence-corrected chi connectivity index (χ4v) is 5.41. The first-order valence-electron chi connectivity index (χ1n) is 13.8. The summed E-state index contributed by atoms with van der Waals surface area (Å²) in [4.78, 5) is 12.5. The number of fused-ring (bicyclic) bond motifs is 2. The van der Waals surface area contributed by atoms with Crippen molar-refractivity contribution in [1.82, 2.24) is 0 Å². The van der Waals surface area contributed by atoms with Gasteiger partial charge in [-0.3, -0.25) is 0 Å². The zero-order chi connectivity index (χ0) is 29.4. The molecule has 12 nitrogen and oxygen atoms in total. The topological polar surface area (TPSA) is 152 Å². The van der Waals surface area contributed by atoms with E-state index in [1.165, 1.54) is 6.92 Å². The maximum atomic E-state index is 12.5. The first-order valence-corrected chi connectivity index (χ1v) is 13.8. The summed E-state index contributed by atoms with van der Waals surface area (Å²) in [5.41, 5.74) is 1.59. The average Bonchev–Trinajstić information content (AvgIpc) is 3.02. The van der Waals surface area contributed by atoms with E-state index in [1.54, 1.807) is 0 Å². The van der Waals surface area contributed by atoms with E-state index in [0.29, 0.717) is 0 Å². The van der Waals surface area contributed by atoms with Crippen LogP contribution >= 0.6 is 0 Å². The van der Waals surface area contributed by atoms with Crippen molar-refractivity contribution in [3.63, 3.8) is 0 Å². The number of benzene rings is 2. The Morgan fingerprint density at radius 2 is 1.24 bits per heavy atom. The van der Waals surface area contributed by atoms with Crippen LogP contribution in [0.4, 0.5) is 0 Å². The van der Waals surface area contributed by atoms with Crippen molar-refractivity contribution >= 4 is 5.97 Å². The Morgan fingerprint density at radius 1 is 0.738 bits per heavy atom. The summed E-state index contributed by atoms with van der Waals surface area (Å²) in [7, 11) is 0. The first-order chi connectivity index (χ1) is 20.3. The number of carbonyl (C=O) groups is 1. The average molecular weight is 587 g/mol. The molecule has 0 radical (unpaired) electrons. The molecule has 3 N–H and O–H groups in total. The number of esters is 1. The summed E-state index contributed by atoms with van der Waals surface area (Å²) >= 11 is 0. The summed E-state index contributed by atoms with van der Waals surface area (Å²) in [5.74, 6) is -0.785. The van der Waals surface area contributed by atoms with Gasteiger partial charge in [0.2, 0.25) is 6.29 Å². The molecule has 4 fully saturated rings. The maximum absolute atomic E-state index is 12.5. The molecule has 2 aromatic rings. The predicted molar refractivity (Wildman–Crippen MR) is 141 cm³/mol. The molecule has 0 saturated carbocycles. The zero-order valence-corrected chi connectivity index (χ0v) is 22.8. The summed E-state index contributed by atoms with van der Waals surface area (Å²) in [6, 6.07) is 18.4. The van der Waals surface area contributed by atoms with Gasteiger partial charge in [-0.25, -0.2) is 4.79 Å². The molecular weight excluding hydrogens is 552 g/mol. The molecule has 2 unspecified atom stereocenters. The molecule has 42 heavy (non-hydrogen) atoms. The van der Waals surface area contributed by atoms with Crippen LogP contribution in [0.25, 0.3) is 0 Å². The van der Waals surface area contributed by atoms with Crippen molar-refractivity contribution in [3.05, 3.63) is 83.9 Å². The lowest BCUT2D eigenvalue weighted by atomic mass is 9.96. The van der Waals surface area contributed by atoms with E-state index >= 15 is 0 Å². The van der Waals surface area contributed by atoms with E-state index in [2.05, 4.69) is 6.58 Å². The van der Waals surface area contributed by atoms with Gasteiger partial charge >= 0.3 is 5.97 Å². The van der Waals surface area contributed by atoms with Crippen LogP contribution < -0.4 is 0 Å². The summed E-state index contributed by atoms with van der Waals surface area (Å²) in [6.07, 6.45) is -13.6. The number of ether oxygens (including phenoxy) is 8. The molecular formula is C30H34O12. The van der Waals surface area contributed by atoms with Crippen molar-refractivity contribution < 1.29 is 58.0 Å². The van der Waals surface area contributed by atoms with Gasteiger partial charge in [-0.15, -0.1) is 0 Å². The van der Waals surface area contributed by atoms with E-state index in [0.717, 1.165) is 11.1 Å². The van der Waals surface area contributed by atoms with Crippen LogP contribution in [0.2, 0.25) is 0 Å². The van der Waals surface area contributed by atoms with Crippen molar-refractivity contribution in [2.45, 2.75) is 80.9 Å². The fraction of sp³-hybridized carbons (Fsp3) is 0.500. The number of hydrogen-bond donors (Lipinski definition) is 3. The molecule has 2 aromatic carbocycles. The second-order valence-electron chi connectivity index (χ2n) is 10.7. The highest BCUT2D eigenvalue weighted by Gasteiger charge is 2.55. The number of carbonyl (C=O) groups excluding carboxylic acids is 1. The molecule has 0 aromatic heterocycles. The van der Waals surface area contributed by atoms with Gasteiger partial charge in [-0.05, 0) is 6.92 Å². The number of aliphatic hydroxyl groups excluding tert-OH is 3. The SMILES string of the molecule is C=C(C)C(=O)O[C@H]1[C@@H](O[C@H]2O[C@@H]3COC(c4ccccc4)O[C@H]3[C@H](O)[C@H]2O)O[C@@H]2COC(c3ccccc3)O[C@H]2[C@@H]1O. The van der Waals surface area contributed by atoms with Gasteiger partial charge < -0.3 is 53.2 Å². The van der Waals surface area contributed by atoms with E-state index in [1.807, 2.05) is 60.7 Å². The summed E-state index contributed by atoms with van der Waals surface area (Å²) in [5, 5.41) is 33.3. The minimum atomic E-state index is -1.57. The van der Waals surface area contributed by atoms with Crippen LogP contribution in [-0.2, 0) is 42.7 Å². The Labute approximate surface area is 242 Å². The van der Waals surface area contributed by atoms with Crippen LogP contribution in [0.1, 0.15) is 30.6 Å².